The Morgan fingerprint density at radius 3 is 2.53 bits per heavy atom. The molecule has 7 heteroatoms. The minimum absolute atomic E-state index is 0.290. The normalized spacial score (nSPS) is 11.5. The molecule has 6 nitrogen and oxygen atoms in total. The molecule has 0 fully saturated rings. The Morgan fingerprint density at radius 2 is 2.00 bits per heavy atom. The number of carbonyl (C=O) groups is 3. The van der Waals surface area contributed by atoms with Gasteiger partial charge in [0.05, 0.1) is 19.1 Å². The first-order valence-electron chi connectivity index (χ1n) is 5.30. The number of hydrogen-bond donors (Lipinski definition) is 2. The highest BCUT2D eigenvalue weighted by atomic mass is 79.9. The van der Waals surface area contributed by atoms with E-state index in [1.165, 1.54) is 6.07 Å². The third-order valence-electron chi connectivity index (χ3n) is 2.32. The molecule has 1 aromatic carbocycles. The number of carboxylic acids is 1. The quantitative estimate of drug-likeness (QED) is 0.792. The van der Waals surface area contributed by atoms with Crippen molar-refractivity contribution in [3.8, 4) is 0 Å². The average Bonchev–Trinajstić information content (AvgIpc) is 2.37. The van der Waals surface area contributed by atoms with E-state index in [-0.39, 0.29) is 0 Å². The zero-order chi connectivity index (χ0) is 14.4. The number of ether oxygens (including phenoxy) is 1. The Labute approximate surface area is 117 Å². The van der Waals surface area contributed by atoms with E-state index in [2.05, 4.69) is 26.0 Å². The Bertz CT molecular complexity index is 503. The molecule has 1 atom stereocenters. The van der Waals surface area contributed by atoms with Crippen molar-refractivity contribution in [3.63, 3.8) is 0 Å². The van der Waals surface area contributed by atoms with Crippen LogP contribution in [0.2, 0.25) is 0 Å². The highest BCUT2D eigenvalue weighted by molar-refractivity contribution is 9.10. The molecule has 0 unspecified atom stereocenters. The summed E-state index contributed by atoms with van der Waals surface area (Å²) < 4.78 is 4.92. The third-order valence-corrected chi connectivity index (χ3v) is 3.01. The molecule has 0 saturated carbocycles. The fraction of sp³-hybridized carbons (Fsp3) is 0.250. The van der Waals surface area contributed by atoms with Crippen molar-refractivity contribution < 1.29 is 24.2 Å². The summed E-state index contributed by atoms with van der Waals surface area (Å²) in [5.41, 5.74) is 0.290. The number of carbonyl (C=O) groups excluding carboxylic acids is 2. The lowest BCUT2D eigenvalue weighted by Gasteiger charge is -2.13. The van der Waals surface area contributed by atoms with Crippen LogP contribution in [0.3, 0.4) is 0 Å². The molecule has 0 radical (unpaired) electrons. The molecule has 0 aliphatic carbocycles. The lowest BCUT2D eigenvalue weighted by Crippen LogP contribution is -2.42. The summed E-state index contributed by atoms with van der Waals surface area (Å²) >= 11 is 3.19. The number of aliphatic carboxylic acids is 1. The van der Waals surface area contributed by atoms with Crippen LogP contribution in [0.1, 0.15) is 16.8 Å². The van der Waals surface area contributed by atoms with Crippen LogP contribution in [0.15, 0.2) is 28.7 Å². The van der Waals surface area contributed by atoms with E-state index >= 15 is 0 Å². The molecule has 0 saturated heterocycles. The molecule has 1 amide bonds. The topological polar surface area (TPSA) is 92.7 Å². The van der Waals surface area contributed by atoms with Gasteiger partial charge in [0.1, 0.15) is 6.04 Å². The zero-order valence-corrected chi connectivity index (χ0v) is 11.6. The number of esters is 1. The van der Waals surface area contributed by atoms with Gasteiger partial charge >= 0.3 is 11.9 Å². The van der Waals surface area contributed by atoms with E-state index in [4.69, 9.17) is 5.11 Å². The van der Waals surface area contributed by atoms with E-state index in [0.29, 0.717) is 10.0 Å². The number of hydrogen-bond acceptors (Lipinski definition) is 4. The van der Waals surface area contributed by atoms with Crippen LogP contribution in [-0.4, -0.2) is 36.1 Å². The predicted molar refractivity (Wildman–Crippen MR) is 69.7 cm³/mol. The molecular formula is C12H12BrNO5. The second-order valence-electron chi connectivity index (χ2n) is 3.62. The number of nitrogens with one attached hydrogen (secondary N) is 1. The van der Waals surface area contributed by atoms with Crippen molar-refractivity contribution >= 4 is 33.8 Å². The summed E-state index contributed by atoms with van der Waals surface area (Å²) in [4.78, 5) is 33.9. The lowest BCUT2D eigenvalue weighted by atomic mass is 10.1. The van der Waals surface area contributed by atoms with Crippen LogP contribution < -0.4 is 5.32 Å². The van der Waals surface area contributed by atoms with E-state index < -0.39 is 30.3 Å². The SMILES string of the molecule is COC(=O)C[C@H](NC(=O)c1ccccc1Br)C(=O)O. The summed E-state index contributed by atoms with van der Waals surface area (Å²) in [6.45, 7) is 0. The molecule has 1 rings (SSSR count). The summed E-state index contributed by atoms with van der Waals surface area (Å²) in [7, 11) is 1.15. The van der Waals surface area contributed by atoms with Gasteiger partial charge in [-0.1, -0.05) is 12.1 Å². The summed E-state index contributed by atoms with van der Waals surface area (Å²) in [6, 6.07) is 5.24. The lowest BCUT2D eigenvalue weighted by molar-refractivity contribution is -0.147. The van der Waals surface area contributed by atoms with Gasteiger partial charge in [0.25, 0.3) is 5.91 Å². The minimum atomic E-state index is -1.33. The van der Waals surface area contributed by atoms with E-state index in [1.54, 1.807) is 18.2 Å². The van der Waals surface area contributed by atoms with Crippen LogP contribution >= 0.6 is 15.9 Å². The average molecular weight is 330 g/mol. The summed E-state index contributed by atoms with van der Waals surface area (Å²) in [5.74, 6) is -2.59. The second-order valence-corrected chi connectivity index (χ2v) is 4.48. The maximum absolute atomic E-state index is 11.9. The zero-order valence-electron chi connectivity index (χ0n) is 10.1. The number of rotatable bonds is 5. The van der Waals surface area contributed by atoms with Gasteiger partial charge in [-0.05, 0) is 28.1 Å². The van der Waals surface area contributed by atoms with Crippen molar-refractivity contribution in [1.29, 1.82) is 0 Å². The molecule has 102 valence electrons. The van der Waals surface area contributed by atoms with Gasteiger partial charge in [-0.2, -0.15) is 0 Å². The van der Waals surface area contributed by atoms with Gasteiger partial charge in [0, 0.05) is 4.47 Å². The van der Waals surface area contributed by atoms with Crippen molar-refractivity contribution in [1.82, 2.24) is 5.32 Å². The monoisotopic (exact) mass is 329 g/mol. The first-order chi connectivity index (χ1) is 8.95. The molecule has 0 heterocycles. The van der Waals surface area contributed by atoms with Crippen molar-refractivity contribution in [2.24, 2.45) is 0 Å². The number of benzene rings is 1. The van der Waals surface area contributed by atoms with E-state index in [9.17, 15) is 14.4 Å². The Morgan fingerprint density at radius 1 is 1.37 bits per heavy atom. The summed E-state index contributed by atoms with van der Waals surface area (Å²) in [5, 5.41) is 11.2. The van der Waals surface area contributed by atoms with Gasteiger partial charge in [-0.3, -0.25) is 9.59 Å². The van der Waals surface area contributed by atoms with Gasteiger partial charge in [-0.25, -0.2) is 4.79 Å². The van der Waals surface area contributed by atoms with Crippen molar-refractivity contribution in [3.05, 3.63) is 34.3 Å². The largest absolute Gasteiger partial charge is 0.480 e. The fourth-order valence-electron chi connectivity index (χ4n) is 1.33. The van der Waals surface area contributed by atoms with Crippen LogP contribution in [0.5, 0.6) is 0 Å². The fourth-order valence-corrected chi connectivity index (χ4v) is 1.80. The van der Waals surface area contributed by atoms with Crippen LogP contribution in [-0.2, 0) is 14.3 Å². The van der Waals surface area contributed by atoms with Crippen molar-refractivity contribution in [2.45, 2.75) is 12.5 Å². The first kappa shape index (κ1) is 15.2. The highest BCUT2D eigenvalue weighted by Crippen LogP contribution is 2.15. The molecule has 0 aliphatic heterocycles. The standard InChI is InChI=1S/C12H12BrNO5/c1-19-10(15)6-9(12(17)18)14-11(16)7-4-2-3-5-8(7)13/h2-5,9H,6H2,1H3,(H,14,16)(H,17,18)/t9-/m0/s1. The number of amides is 1. The Kier molecular flexibility index (Phi) is 5.50. The van der Waals surface area contributed by atoms with Crippen molar-refractivity contribution in [2.75, 3.05) is 7.11 Å². The molecule has 19 heavy (non-hydrogen) atoms. The molecule has 0 spiro atoms. The van der Waals surface area contributed by atoms with Crippen LogP contribution in [0, 0.1) is 0 Å². The Hall–Kier alpha value is -1.89. The maximum atomic E-state index is 11.9. The maximum Gasteiger partial charge on any atom is 0.326 e. The van der Waals surface area contributed by atoms with Gasteiger partial charge in [-0.15, -0.1) is 0 Å². The molecule has 0 aliphatic rings. The third kappa shape index (κ3) is 4.36. The van der Waals surface area contributed by atoms with E-state index in [1.807, 2.05) is 0 Å². The molecular weight excluding hydrogens is 318 g/mol. The molecule has 2 N–H and O–H groups in total. The highest BCUT2D eigenvalue weighted by Gasteiger charge is 2.24. The predicted octanol–water partition coefficient (Wildman–Crippen LogP) is 1.20. The Balaban J connectivity index is 2.80. The smallest absolute Gasteiger partial charge is 0.326 e. The number of halogens is 1. The van der Waals surface area contributed by atoms with E-state index in [0.717, 1.165) is 7.11 Å². The summed E-state index contributed by atoms with van der Waals surface area (Å²) in [6.07, 6.45) is -0.429. The van der Waals surface area contributed by atoms with Gasteiger partial charge < -0.3 is 15.2 Å². The van der Waals surface area contributed by atoms with Crippen LogP contribution in [0.4, 0.5) is 0 Å². The minimum Gasteiger partial charge on any atom is -0.480 e. The number of methoxy groups -OCH3 is 1. The molecule has 0 aromatic heterocycles. The molecule has 0 bridgehead atoms. The van der Waals surface area contributed by atoms with Gasteiger partial charge in [0.15, 0.2) is 0 Å². The first-order valence-corrected chi connectivity index (χ1v) is 6.10. The second kappa shape index (κ2) is 6.89. The van der Waals surface area contributed by atoms with Gasteiger partial charge in [0.2, 0.25) is 0 Å². The van der Waals surface area contributed by atoms with Crippen LogP contribution in [0.25, 0.3) is 0 Å². The number of carboxylic acid groups (broad SMARTS) is 1. The molecule has 1 aromatic rings.